The normalized spacial score (nSPS) is 25.0. The number of azide groups is 2. The number of carbonyl (C=O) groups is 3. The Bertz CT molecular complexity index is 3330. The number of rotatable bonds is 23. The first-order chi connectivity index (χ1) is 54.4. The summed E-state index contributed by atoms with van der Waals surface area (Å²) in [5, 5.41) is 146. The van der Waals surface area contributed by atoms with E-state index in [1.807, 2.05) is 79.5 Å². The van der Waals surface area contributed by atoms with Crippen molar-refractivity contribution in [2.45, 2.75) is 219 Å². The van der Waals surface area contributed by atoms with Crippen molar-refractivity contribution in [2.75, 3.05) is 79.8 Å². The van der Waals surface area contributed by atoms with Crippen LogP contribution in [0.3, 0.4) is 0 Å². The number of anilines is 1. The highest BCUT2D eigenvalue weighted by Gasteiger charge is 2.50. The molecule has 49 heteroatoms. The van der Waals surface area contributed by atoms with Gasteiger partial charge in [-0.1, -0.05) is 93.3 Å². The van der Waals surface area contributed by atoms with Gasteiger partial charge in [0.05, 0.1) is 26.4 Å². The molecule has 4 saturated heterocycles. The number of amides is 3. The molecule has 0 bridgehead atoms. The third-order valence-corrected chi connectivity index (χ3v) is 18.0. The largest absolute Gasteiger partial charge is 0.500 e. The third kappa shape index (κ3) is 30.7. The molecule has 18 N–H and O–H groups in total. The fourth-order valence-corrected chi connectivity index (χ4v) is 11.0. The van der Waals surface area contributed by atoms with Gasteiger partial charge in [-0.05, 0) is 30.3 Å². The lowest BCUT2D eigenvalue weighted by molar-refractivity contribution is -0.340. The summed E-state index contributed by atoms with van der Waals surface area (Å²) in [6.45, 7) is 21.7. The van der Waals surface area contributed by atoms with Crippen molar-refractivity contribution < 1.29 is 180 Å². The second-order valence-electron chi connectivity index (χ2n) is 21.9. The topological polar surface area (TPSA) is 563 Å². The van der Waals surface area contributed by atoms with Crippen LogP contribution in [0.2, 0.25) is 6.04 Å². The van der Waals surface area contributed by atoms with E-state index in [1.54, 1.807) is 13.8 Å². The molecule has 0 aromatic heterocycles. The Morgan fingerprint density at radius 2 is 0.713 bits per heavy atom. The molecule has 18 atom stereocenters. The van der Waals surface area contributed by atoms with Crippen molar-refractivity contribution in [3.8, 4) is 0 Å². The van der Waals surface area contributed by atoms with Gasteiger partial charge in [-0.25, -0.2) is 52.7 Å². The maximum absolute atomic E-state index is 13.9. The van der Waals surface area contributed by atoms with Crippen LogP contribution in [0.15, 0.2) is 10.2 Å². The zero-order valence-electron chi connectivity index (χ0n) is 65.5. The molecule has 36 nitrogen and oxygen atoms in total. The number of halogens is 12. The quantitative estimate of drug-likeness (QED) is 0.0118. The summed E-state index contributed by atoms with van der Waals surface area (Å²) in [7, 11) is 2.38. The summed E-state index contributed by atoms with van der Waals surface area (Å²) in [5.74, 6) is -26.0. The average molecular weight is 1710 g/mol. The highest BCUT2D eigenvalue weighted by atomic mass is 28.4. The van der Waals surface area contributed by atoms with E-state index in [9.17, 15) is 128 Å². The van der Waals surface area contributed by atoms with Gasteiger partial charge in [0.2, 0.25) is 0 Å². The number of benzene rings is 3. The zero-order chi connectivity index (χ0) is 89.8. The molecule has 7 rings (SSSR count). The number of aliphatic hydroxyl groups is 14. The SMILES string of the molecule is CC.CC.CC.CC.CC.CCCNC(=O)c1c(F)c(F)c(N=[N+]=[N-])c(F)c1F.CCCNC(=O)c1c(F)c(F)c(NC)c(F)c1F.CO[Si](CCCNC(=O)c1c(F)c(F)c(N=[N+]=[N-])c(F)c1F)(OC)OC.OCC1O[C@H](O[C@@H]2COC(O)C(O)[C@H]2O)C(O)[C@@H](O)[C@@H]1O.OCC1O[C@H](O[C@@H]2COC(O)C(O)[C@H]2O)C(O)[C@@H](O)[C@@H]1O. The number of carbonyl (C=O) groups excluding carboxylic acids is 3. The maximum atomic E-state index is 13.9. The van der Waals surface area contributed by atoms with E-state index in [0.29, 0.717) is 12.8 Å². The van der Waals surface area contributed by atoms with E-state index < -0.39 is 254 Å². The number of ether oxygens (including phenoxy) is 6. The van der Waals surface area contributed by atoms with E-state index in [1.165, 1.54) is 21.3 Å². The van der Waals surface area contributed by atoms with E-state index in [0.717, 1.165) is 7.05 Å². The number of hydrogen-bond acceptors (Lipinski definition) is 29. The molecule has 0 spiro atoms. The Balaban J connectivity index is -0.00000133. The molecule has 0 aliphatic carbocycles. The first-order valence-electron chi connectivity index (χ1n) is 35.5. The van der Waals surface area contributed by atoms with Crippen molar-refractivity contribution in [3.63, 3.8) is 0 Å². The number of nitrogens with one attached hydrogen (secondary N) is 4. The van der Waals surface area contributed by atoms with Gasteiger partial charge in [-0.3, -0.25) is 14.4 Å². The summed E-state index contributed by atoms with van der Waals surface area (Å²) in [6.07, 6.45) is -25.1. The molecule has 0 radical (unpaired) electrons. The summed E-state index contributed by atoms with van der Waals surface area (Å²) in [6, 6.07) is 0.278. The van der Waals surface area contributed by atoms with Crippen LogP contribution in [0.4, 0.5) is 69.7 Å². The fraction of sp³-hybridized carbons (Fsp3) is 0.682. The van der Waals surface area contributed by atoms with Crippen molar-refractivity contribution in [2.24, 2.45) is 10.2 Å². The first kappa shape index (κ1) is 112. The van der Waals surface area contributed by atoms with Gasteiger partial charge in [0.15, 0.2) is 95.0 Å². The van der Waals surface area contributed by atoms with Crippen LogP contribution in [-0.4, -0.2) is 283 Å². The van der Waals surface area contributed by atoms with Crippen molar-refractivity contribution >= 4 is 43.6 Å². The van der Waals surface area contributed by atoms with Crippen LogP contribution in [-0.2, 0) is 41.7 Å². The predicted molar refractivity (Wildman–Crippen MR) is 382 cm³/mol. The Morgan fingerprint density at radius 3 is 0.965 bits per heavy atom. The molecular formula is C66H106F12N10O26Si. The van der Waals surface area contributed by atoms with Crippen molar-refractivity contribution in [3.05, 3.63) is 107 Å². The highest BCUT2D eigenvalue weighted by molar-refractivity contribution is 6.60. The summed E-state index contributed by atoms with van der Waals surface area (Å²) in [4.78, 5) is 38.8. The predicted octanol–water partition coefficient (Wildman–Crippen LogP) is 4.55. The molecule has 8 unspecified atom stereocenters. The van der Waals surface area contributed by atoms with Crippen LogP contribution < -0.4 is 21.3 Å². The molecule has 0 saturated carbocycles. The molecule has 4 aliphatic rings. The molecule has 4 aliphatic heterocycles. The van der Waals surface area contributed by atoms with Crippen LogP contribution in [0, 0.1) is 69.8 Å². The standard InChI is InChI=1S/C13H16F4N4O4Si.C11H12F4N2O.2C11H20O10.C10H8F4N4O.5C2H6/c1-23-26(24-2,25-3)6-4-5-19-13(22)7-8(14)10(16)12(20-21-18)11(17)9(7)15;1-3-4-17-11(18)5-6(12)8(14)10(16-2)9(15)7(5)13;2*12-1-3-5(13)7(15)9(17)11(20-3)21-4-2-19-10(18)8(16)6(4)14;1-2-3-16-10(19)4-5(11)7(13)9(17-18-15)8(14)6(4)12;5*1-2/h4-6H2,1-3H3,(H,19,22);16H,3-4H2,1-2H3,(H,17,18);2*3-18H,1-2H2;2-3H2,1H3,(H,16,19);5*1-2H3/t;;2*3?,4-,5-,6+,7+,8?,9?,10?,11-;;;;;;/m..11....../s1. The number of nitrogens with zero attached hydrogens (tertiary/aromatic N) is 6. The second-order valence-corrected chi connectivity index (χ2v) is 25.0. The Kier molecular flexibility index (Phi) is 56.5. The summed E-state index contributed by atoms with van der Waals surface area (Å²) < 4.78 is 208. The van der Waals surface area contributed by atoms with Crippen LogP contribution in [0.5, 0.6) is 0 Å². The second kappa shape index (κ2) is 57.9. The van der Waals surface area contributed by atoms with Crippen molar-refractivity contribution in [1.29, 1.82) is 0 Å². The molecule has 115 heavy (non-hydrogen) atoms. The minimum absolute atomic E-state index is 0.0824. The average Bonchev–Trinajstić information content (AvgIpc) is 0.788. The Hall–Kier alpha value is -7.05. The van der Waals surface area contributed by atoms with E-state index in [-0.39, 0.29) is 45.3 Å². The Labute approximate surface area is 654 Å². The lowest BCUT2D eigenvalue weighted by atomic mass is 9.99. The molecular weight excluding hydrogens is 1600 g/mol. The number of hydrogen-bond donors (Lipinski definition) is 18. The Morgan fingerprint density at radius 1 is 0.435 bits per heavy atom. The lowest BCUT2D eigenvalue weighted by Crippen LogP contribution is -2.62. The van der Waals surface area contributed by atoms with E-state index in [4.69, 9.17) is 63.0 Å². The third-order valence-electron chi connectivity index (χ3n) is 15.1. The van der Waals surface area contributed by atoms with Gasteiger partial charge in [0.25, 0.3) is 17.7 Å². The summed E-state index contributed by atoms with van der Waals surface area (Å²) >= 11 is 0. The van der Waals surface area contributed by atoms with Gasteiger partial charge in [0, 0.05) is 63.9 Å². The van der Waals surface area contributed by atoms with Crippen LogP contribution in [0.25, 0.3) is 20.9 Å². The van der Waals surface area contributed by atoms with Crippen LogP contribution in [0.1, 0.15) is 133 Å². The molecule has 664 valence electrons. The summed E-state index contributed by atoms with van der Waals surface area (Å²) in [5.41, 5.74) is 8.23. The van der Waals surface area contributed by atoms with Gasteiger partial charge in [-0.15, -0.1) is 0 Å². The molecule has 4 heterocycles. The molecule has 4 fully saturated rings. The highest BCUT2D eigenvalue weighted by Crippen LogP contribution is 2.34. The first-order valence-corrected chi connectivity index (χ1v) is 37.4. The molecule has 3 amide bonds. The molecule has 3 aromatic rings. The minimum Gasteiger partial charge on any atom is -0.394 e. The van der Waals surface area contributed by atoms with E-state index in [2.05, 4.69) is 31.1 Å². The molecule has 3 aromatic carbocycles. The van der Waals surface area contributed by atoms with Crippen LogP contribution >= 0.6 is 0 Å². The van der Waals surface area contributed by atoms with Gasteiger partial charge >= 0.3 is 8.80 Å². The lowest BCUT2D eigenvalue weighted by Gasteiger charge is -2.43. The van der Waals surface area contributed by atoms with Gasteiger partial charge in [-0.2, -0.15) is 0 Å². The van der Waals surface area contributed by atoms with E-state index >= 15 is 0 Å². The fourth-order valence-electron chi connectivity index (χ4n) is 9.26. The monoisotopic (exact) mass is 1710 g/mol. The minimum atomic E-state index is -2.89. The van der Waals surface area contributed by atoms with Gasteiger partial charge in [0.1, 0.15) is 119 Å². The maximum Gasteiger partial charge on any atom is 0.500 e. The smallest absolute Gasteiger partial charge is 0.394 e. The van der Waals surface area contributed by atoms with Crippen molar-refractivity contribution in [1.82, 2.24) is 16.0 Å². The van der Waals surface area contributed by atoms with Gasteiger partial charge < -0.3 is 134 Å². The number of aliphatic hydroxyl groups excluding tert-OH is 14. The zero-order valence-corrected chi connectivity index (χ0v) is 66.5.